The molecule has 0 spiro atoms. The lowest BCUT2D eigenvalue weighted by Crippen LogP contribution is -2.56. The van der Waals surface area contributed by atoms with Crippen molar-refractivity contribution in [2.75, 3.05) is 6.54 Å². The quantitative estimate of drug-likeness (QED) is 0.762. The standard InChI is InChI=1S/C13H16FN3O2/c1-8-13(19)16-12(18)7-17(8)6-10-3-2-9(5-15)4-11(10)14/h2-4,8H,5-7,15H2,1H3,(H,16,18,19). The minimum absolute atomic E-state index is 0.0883. The number of piperazine rings is 1. The third-order valence-corrected chi connectivity index (χ3v) is 3.26. The molecule has 1 heterocycles. The van der Waals surface area contributed by atoms with Crippen molar-refractivity contribution in [3.05, 3.63) is 35.1 Å². The molecule has 3 N–H and O–H groups in total. The number of nitrogens with one attached hydrogen (secondary N) is 1. The van der Waals surface area contributed by atoms with Gasteiger partial charge in [-0.3, -0.25) is 19.8 Å². The number of amides is 2. The topological polar surface area (TPSA) is 75.4 Å². The number of hydrogen-bond donors (Lipinski definition) is 2. The number of halogens is 1. The van der Waals surface area contributed by atoms with Crippen LogP contribution in [-0.4, -0.2) is 29.3 Å². The first-order valence-electron chi connectivity index (χ1n) is 6.06. The van der Waals surface area contributed by atoms with Gasteiger partial charge in [0.2, 0.25) is 11.8 Å². The first-order valence-corrected chi connectivity index (χ1v) is 6.06. The molecule has 0 saturated carbocycles. The Morgan fingerprint density at radius 1 is 1.47 bits per heavy atom. The zero-order valence-corrected chi connectivity index (χ0v) is 10.6. The van der Waals surface area contributed by atoms with Crippen LogP contribution in [0.3, 0.4) is 0 Å². The van der Waals surface area contributed by atoms with E-state index in [0.29, 0.717) is 11.1 Å². The van der Waals surface area contributed by atoms with E-state index in [1.807, 2.05) is 0 Å². The lowest BCUT2D eigenvalue weighted by atomic mass is 10.1. The van der Waals surface area contributed by atoms with E-state index in [2.05, 4.69) is 5.32 Å². The maximum atomic E-state index is 13.8. The fraction of sp³-hybridized carbons (Fsp3) is 0.385. The first kappa shape index (κ1) is 13.6. The van der Waals surface area contributed by atoms with Crippen LogP contribution in [0.4, 0.5) is 4.39 Å². The number of nitrogens with two attached hydrogens (primary N) is 1. The number of imide groups is 1. The lowest BCUT2D eigenvalue weighted by Gasteiger charge is -2.31. The van der Waals surface area contributed by atoms with Gasteiger partial charge in [0.15, 0.2) is 0 Å². The minimum Gasteiger partial charge on any atom is -0.326 e. The second-order valence-corrected chi connectivity index (χ2v) is 4.62. The van der Waals surface area contributed by atoms with Gasteiger partial charge < -0.3 is 5.73 Å². The molecule has 1 aliphatic rings. The molecule has 19 heavy (non-hydrogen) atoms. The summed E-state index contributed by atoms with van der Waals surface area (Å²) in [6, 6.07) is 4.31. The third kappa shape index (κ3) is 2.97. The van der Waals surface area contributed by atoms with Gasteiger partial charge in [-0.2, -0.15) is 0 Å². The molecular formula is C13H16FN3O2. The van der Waals surface area contributed by atoms with E-state index >= 15 is 0 Å². The van der Waals surface area contributed by atoms with Crippen molar-refractivity contribution >= 4 is 11.8 Å². The number of carbonyl (C=O) groups is 2. The molecule has 1 atom stereocenters. The minimum atomic E-state index is -0.453. The number of nitrogens with zero attached hydrogens (tertiary/aromatic N) is 1. The van der Waals surface area contributed by atoms with Crippen molar-refractivity contribution in [3.63, 3.8) is 0 Å². The second-order valence-electron chi connectivity index (χ2n) is 4.62. The largest absolute Gasteiger partial charge is 0.326 e. The van der Waals surface area contributed by atoms with Crippen LogP contribution in [0, 0.1) is 5.82 Å². The highest BCUT2D eigenvalue weighted by atomic mass is 19.1. The summed E-state index contributed by atoms with van der Waals surface area (Å²) in [6.45, 7) is 2.27. The smallest absolute Gasteiger partial charge is 0.243 e. The van der Waals surface area contributed by atoms with Crippen molar-refractivity contribution in [3.8, 4) is 0 Å². The van der Waals surface area contributed by atoms with Gasteiger partial charge in [0.05, 0.1) is 12.6 Å². The fourth-order valence-corrected chi connectivity index (χ4v) is 2.03. The Bertz CT molecular complexity index is 519. The Morgan fingerprint density at radius 3 is 2.84 bits per heavy atom. The summed E-state index contributed by atoms with van der Waals surface area (Å²) in [4.78, 5) is 24.5. The molecule has 2 amide bonds. The van der Waals surface area contributed by atoms with Crippen LogP contribution in [-0.2, 0) is 22.7 Å². The number of benzene rings is 1. The van der Waals surface area contributed by atoms with Gasteiger partial charge in [0.1, 0.15) is 5.82 Å². The molecule has 1 fully saturated rings. The molecule has 102 valence electrons. The molecule has 1 saturated heterocycles. The summed E-state index contributed by atoms with van der Waals surface area (Å²) < 4.78 is 13.8. The van der Waals surface area contributed by atoms with Crippen LogP contribution < -0.4 is 11.1 Å². The van der Waals surface area contributed by atoms with E-state index in [0.717, 1.165) is 0 Å². The molecule has 1 unspecified atom stereocenters. The van der Waals surface area contributed by atoms with Gasteiger partial charge in [-0.25, -0.2) is 4.39 Å². The summed E-state index contributed by atoms with van der Waals surface area (Å²) in [6.07, 6.45) is 0. The number of rotatable bonds is 3. The Morgan fingerprint density at radius 2 is 2.21 bits per heavy atom. The summed E-state index contributed by atoms with van der Waals surface area (Å²) in [5.74, 6) is -1.08. The highest BCUT2D eigenvalue weighted by Crippen LogP contribution is 2.15. The van der Waals surface area contributed by atoms with Gasteiger partial charge in [0.25, 0.3) is 0 Å². The Labute approximate surface area is 110 Å². The van der Waals surface area contributed by atoms with Gasteiger partial charge in [-0.15, -0.1) is 0 Å². The van der Waals surface area contributed by atoms with Gasteiger partial charge >= 0.3 is 0 Å². The fourth-order valence-electron chi connectivity index (χ4n) is 2.03. The summed E-state index contributed by atoms with van der Waals surface area (Å²) >= 11 is 0. The molecule has 0 radical (unpaired) electrons. The van der Waals surface area contributed by atoms with Crippen molar-refractivity contribution < 1.29 is 14.0 Å². The number of hydrogen-bond acceptors (Lipinski definition) is 4. The molecule has 2 rings (SSSR count). The van der Waals surface area contributed by atoms with Crippen LogP contribution in [0.2, 0.25) is 0 Å². The maximum Gasteiger partial charge on any atom is 0.243 e. The van der Waals surface area contributed by atoms with Crippen LogP contribution in [0.15, 0.2) is 18.2 Å². The predicted molar refractivity (Wildman–Crippen MR) is 67.3 cm³/mol. The van der Waals surface area contributed by atoms with Gasteiger partial charge in [-0.1, -0.05) is 12.1 Å². The molecule has 0 aromatic heterocycles. The highest BCUT2D eigenvalue weighted by molar-refractivity contribution is 6.00. The van der Waals surface area contributed by atoms with E-state index in [4.69, 9.17) is 5.73 Å². The van der Waals surface area contributed by atoms with Crippen molar-refractivity contribution in [1.82, 2.24) is 10.2 Å². The van der Waals surface area contributed by atoms with E-state index < -0.39 is 6.04 Å². The SMILES string of the molecule is CC1C(=O)NC(=O)CN1Cc1ccc(CN)cc1F. The molecule has 1 aliphatic heterocycles. The van der Waals surface area contributed by atoms with Gasteiger partial charge in [-0.05, 0) is 18.6 Å². The van der Waals surface area contributed by atoms with Crippen molar-refractivity contribution in [1.29, 1.82) is 0 Å². The van der Waals surface area contributed by atoms with Crippen molar-refractivity contribution in [2.45, 2.75) is 26.1 Å². The normalized spacial score (nSPS) is 20.5. The lowest BCUT2D eigenvalue weighted by molar-refractivity contribution is -0.139. The first-order chi connectivity index (χ1) is 9.01. The van der Waals surface area contributed by atoms with E-state index in [9.17, 15) is 14.0 Å². The molecule has 1 aromatic rings. The summed E-state index contributed by atoms with van der Waals surface area (Å²) in [5.41, 5.74) is 6.60. The zero-order chi connectivity index (χ0) is 14.0. The van der Waals surface area contributed by atoms with Crippen LogP contribution in [0.5, 0.6) is 0 Å². The summed E-state index contributed by atoms with van der Waals surface area (Å²) in [5, 5.41) is 2.25. The molecular weight excluding hydrogens is 249 g/mol. The predicted octanol–water partition coefficient (Wildman–Crippen LogP) is 0.131. The Balaban J connectivity index is 2.16. The van der Waals surface area contributed by atoms with Crippen LogP contribution in [0.1, 0.15) is 18.1 Å². The van der Waals surface area contributed by atoms with E-state index in [-0.39, 0.29) is 37.3 Å². The highest BCUT2D eigenvalue weighted by Gasteiger charge is 2.30. The zero-order valence-electron chi connectivity index (χ0n) is 10.6. The van der Waals surface area contributed by atoms with Crippen LogP contribution in [0.25, 0.3) is 0 Å². The average molecular weight is 265 g/mol. The molecule has 0 aliphatic carbocycles. The molecule has 0 bridgehead atoms. The Hall–Kier alpha value is -1.79. The van der Waals surface area contributed by atoms with E-state index in [1.54, 1.807) is 24.0 Å². The molecule has 6 heteroatoms. The second kappa shape index (κ2) is 5.46. The molecule has 1 aromatic carbocycles. The molecule has 5 nitrogen and oxygen atoms in total. The average Bonchev–Trinajstić information content (AvgIpc) is 2.37. The third-order valence-electron chi connectivity index (χ3n) is 3.26. The van der Waals surface area contributed by atoms with Crippen LogP contribution >= 0.6 is 0 Å². The van der Waals surface area contributed by atoms with Crippen molar-refractivity contribution in [2.24, 2.45) is 5.73 Å². The summed E-state index contributed by atoms with van der Waals surface area (Å²) in [7, 11) is 0. The Kier molecular flexibility index (Phi) is 3.92. The number of carbonyl (C=O) groups excluding carboxylic acids is 2. The monoisotopic (exact) mass is 265 g/mol. The maximum absolute atomic E-state index is 13.8. The van der Waals surface area contributed by atoms with E-state index in [1.165, 1.54) is 6.07 Å². The van der Waals surface area contributed by atoms with Gasteiger partial charge in [0, 0.05) is 18.7 Å².